The Balaban J connectivity index is 2.74. The van der Waals surface area contributed by atoms with Crippen LogP contribution in [-0.4, -0.2) is 16.1 Å². The molecule has 17 heavy (non-hydrogen) atoms. The van der Waals surface area contributed by atoms with E-state index in [1.165, 1.54) is 0 Å². The van der Waals surface area contributed by atoms with E-state index in [0.29, 0.717) is 16.6 Å². The van der Waals surface area contributed by atoms with Gasteiger partial charge in [-0.2, -0.15) is 0 Å². The molecule has 2 rings (SSSR count). The van der Waals surface area contributed by atoms with Crippen LogP contribution in [0.4, 0.5) is 0 Å². The smallest absolute Gasteiger partial charge is 0.109 e. The van der Waals surface area contributed by atoms with E-state index in [9.17, 15) is 0 Å². The van der Waals surface area contributed by atoms with Crippen molar-refractivity contribution in [1.82, 2.24) is 9.55 Å². The van der Waals surface area contributed by atoms with E-state index in [2.05, 4.69) is 23.4 Å². The van der Waals surface area contributed by atoms with Crippen LogP contribution in [0.5, 0.6) is 0 Å². The molecule has 0 saturated heterocycles. The van der Waals surface area contributed by atoms with Crippen molar-refractivity contribution in [2.24, 2.45) is 5.73 Å². The normalized spacial score (nSPS) is 13.2. The van der Waals surface area contributed by atoms with Gasteiger partial charge in [-0.1, -0.05) is 30.1 Å². The fraction of sp³-hybridized carbons (Fsp3) is 0.417. The van der Waals surface area contributed by atoms with Gasteiger partial charge in [-0.05, 0) is 19.1 Å². The number of aromatic nitrogens is 2. The summed E-state index contributed by atoms with van der Waals surface area (Å²) in [5.41, 5.74) is 7.60. The highest BCUT2D eigenvalue weighted by Gasteiger charge is 2.15. The summed E-state index contributed by atoms with van der Waals surface area (Å²) in [6, 6.07) is 3.86. The number of aryl methyl sites for hydroxylation is 1. The molecule has 0 aliphatic rings. The minimum Gasteiger partial charge on any atom is -0.328 e. The lowest BCUT2D eigenvalue weighted by Gasteiger charge is -2.15. The number of hydrogen-bond donors (Lipinski definition) is 1. The van der Waals surface area contributed by atoms with Gasteiger partial charge in [0.15, 0.2) is 0 Å². The van der Waals surface area contributed by atoms with E-state index < -0.39 is 0 Å². The molecular formula is C12H15Cl2N3. The molecule has 0 spiro atoms. The van der Waals surface area contributed by atoms with E-state index >= 15 is 0 Å². The van der Waals surface area contributed by atoms with Crippen molar-refractivity contribution in [1.29, 1.82) is 0 Å². The average molecular weight is 272 g/mol. The van der Waals surface area contributed by atoms with Gasteiger partial charge < -0.3 is 10.3 Å². The van der Waals surface area contributed by atoms with Gasteiger partial charge in [-0.15, -0.1) is 0 Å². The summed E-state index contributed by atoms with van der Waals surface area (Å²) >= 11 is 12.1. The van der Waals surface area contributed by atoms with E-state index in [1.807, 2.05) is 6.07 Å². The van der Waals surface area contributed by atoms with Crippen molar-refractivity contribution in [3.05, 3.63) is 28.0 Å². The maximum atomic E-state index is 6.06. The third-order valence-corrected chi connectivity index (χ3v) is 3.62. The lowest BCUT2D eigenvalue weighted by atomic mass is 10.2. The van der Waals surface area contributed by atoms with Crippen LogP contribution in [0, 0.1) is 0 Å². The SMILES string of the molecule is CCc1nc2cc(Cl)c(Cl)cc2n1C(C)CN. The second-order valence-electron chi connectivity index (χ2n) is 4.09. The summed E-state index contributed by atoms with van der Waals surface area (Å²) in [5.74, 6) is 1.01. The number of imidazole rings is 1. The fourth-order valence-corrected chi connectivity index (χ4v) is 2.30. The van der Waals surface area contributed by atoms with Crippen molar-refractivity contribution in [2.75, 3.05) is 6.54 Å². The van der Waals surface area contributed by atoms with Gasteiger partial charge in [0, 0.05) is 19.0 Å². The molecule has 1 aromatic heterocycles. The van der Waals surface area contributed by atoms with Crippen molar-refractivity contribution in [3.8, 4) is 0 Å². The molecule has 0 radical (unpaired) electrons. The maximum absolute atomic E-state index is 6.06. The van der Waals surface area contributed by atoms with E-state index in [4.69, 9.17) is 28.9 Å². The molecule has 0 fully saturated rings. The lowest BCUT2D eigenvalue weighted by molar-refractivity contribution is 0.550. The largest absolute Gasteiger partial charge is 0.328 e. The number of fused-ring (bicyclic) bond motifs is 1. The molecule has 0 amide bonds. The summed E-state index contributed by atoms with van der Waals surface area (Å²) in [6.07, 6.45) is 0.855. The van der Waals surface area contributed by atoms with Gasteiger partial charge in [-0.3, -0.25) is 0 Å². The Hall–Kier alpha value is -0.770. The van der Waals surface area contributed by atoms with Gasteiger partial charge in [0.05, 0.1) is 21.1 Å². The molecule has 92 valence electrons. The number of rotatable bonds is 3. The predicted molar refractivity (Wildman–Crippen MR) is 72.9 cm³/mol. The molecule has 2 N–H and O–H groups in total. The van der Waals surface area contributed by atoms with Crippen molar-refractivity contribution >= 4 is 34.2 Å². The Morgan fingerprint density at radius 2 is 2.00 bits per heavy atom. The zero-order valence-electron chi connectivity index (χ0n) is 9.87. The van der Waals surface area contributed by atoms with Gasteiger partial charge in [-0.25, -0.2) is 4.98 Å². The number of nitrogens with two attached hydrogens (primary N) is 1. The zero-order valence-corrected chi connectivity index (χ0v) is 11.4. The molecule has 0 aliphatic carbocycles. The molecule has 1 aromatic carbocycles. The molecule has 2 aromatic rings. The maximum Gasteiger partial charge on any atom is 0.109 e. The number of halogens is 2. The van der Waals surface area contributed by atoms with Gasteiger partial charge in [0.25, 0.3) is 0 Å². The summed E-state index contributed by atoms with van der Waals surface area (Å²) in [6.45, 7) is 4.71. The van der Waals surface area contributed by atoms with Crippen molar-refractivity contribution in [3.63, 3.8) is 0 Å². The topological polar surface area (TPSA) is 43.8 Å². The first-order chi connectivity index (χ1) is 8.08. The van der Waals surface area contributed by atoms with Crippen LogP contribution in [0.25, 0.3) is 11.0 Å². The number of benzene rings is 1. The molecule has 1 heterocycles. The van der Waals surface area contributed by atoms with Crippen LogP contribution >= 0.6 is 23.2 Å². The monoisotopic (exact) mass is 271 g/mol. The fourth-order valence-electron chi connectivity index (χ4n) is 1.99. The Morgan fingerprint density at radius 3 is 2.59 bits per heavy atom. The second-order valence-corrected chi connectivity index (χ2v) is 4.91. The van der Waals surface area contributed by atoms with Gasteiger partial charge >= 0.3 is 0 Å². The van der Waals surface area contributed by atoms with Crippen molar-refractivity contribution in [2.45, 2.75) is 26.3 Å². The van der Waals surface area contributed by atoms with Gasteiger partial charge in [0.1, 0.15) is 5.82 Å². The van der Waals surface area contributed by atoms with E-state index in [-0.39, 0.29) is 6.04 Å². The minimum absolute atomic E-state index is 0.201. The molecule has 1 atom stereocenters. The molecular weight excluding hydrogens is 257 g/mol. The summed E-state index contributed by atoms with van der Waals surface area (Å²) < 4.78 is 2.14. The average Bonchev–Trinajstić information content (AvgIpc) is 2.66. The van der Waals surface area contributed by atoms with Crippen LogP contribution in [-0.2, 0) is 6.42 Å². The number of hydrogen-bond acceptors (Lipinski definition) is 2. The summed E-state index contributed by atoms with van der Waals surface area (Å²) in [5, 5.41) is 1.08. The summed E-state index contributed by atoms with van der Waals surface area (Å²) in [7, 11) is 0. The van der Waals surface area contributed by atoms with Crippen LogP contribution in [0.15, 0.2) is 12.1 Å². The molecule has 0 bridgehead atoms. The standard InChI is InChI=1S/C12H15Cl2N3/c1-3-12-16-10-4-8(13)9(14)5-11(10)17(12)7(2)6-15/h4-5,7H,3,6,15H2,1-2H3. The molecule has 3 nitrogen and oxygen atoms in total. The molecule has 0 saturated carbocycles. The second kappa shape index (κ2) is 4.84. The Kier molecular flexibility index (Phi) is 3.61. The highest BCUT2D eigenvalue weighted by molar-refractivity contribution is 6.42. The first-order valence-electron chi connectivity index (χ1n) is 5.64. The lowest BCUT2D eigenvalue weighted by Crippen LogP contribution is -2.17. The summed E-state index contributed by atoms with van der Waals surface area (Å²) in [4.78, 5) is 4.57. The van der Waals surface area contributed by atoms with Crippen LogP contribution in [0.2, 0.25) is 10.0 Å². The zero-order chi connectivity index (χ0) is 12.6. The molecule has 5 heteroatoms. The third kappa shape index (κ3) is 2.15. The van der Waals surface area contributed by atoms with Gasteiger partial charge in [0.2, 0.25) is 0 Å². The van der Waals surface area contributed by atoms with Crippen molar-refractivity contribution < 1.29 is 0 Å². The van der Waals surface area contributed by atoms with E-state index in [0.717, 1.165) is 23.3 Å². The van der Waals surface area contributed by atoms with Crippen LogP contribution in [0.3, 0.4) is 0 Å². The Bertz CT molecular complexity index is 548. The number of nitrogens with zero attached hydrogens (tertiary/aromatic N) is 2. The first kappa shape index (κ1) is 12.7. The highest BCUT2D eigenvalue weighted by Crippen LogP contribution is 2.30. The van der Waals surface area contributed by atoms with Crippen LogP contribution in [0.1, 0.15) is 25.7 Å². The molecule has 1 unspecified atom stereocenters. The van der Waals surface area contributed by atoms with E-state index in [1.54, 1.807) is 6.07 Å². The quantitative estimate of drug-likeness (QED) is 0.930. The minimum atomic E-state index is 0.201. The predicted octanol–water partition coefficient (Wildman–Crippen LogP) is 3.43. The highest BCUT2D eigenvalue weighted by atomic mass is 35.5. The van der Waals surface area contributed by atoms with Crippen LogP contribution < -0.4 is 5.73 Å². The first-order valence-corrected chi connectivity index (χ1v) is 6.40. The third-order valence-electron chi connectivity index (χ3n) is 2.90. The molecule has 0 aliphatic heterocycles. The Labute approximate surface area is 111 Å². The Morgan fingerprint density at radius 1 is 1.35 bits per heavy atom.